The Balaban J connectivity index is 0.000000303. The van der Waals surface area contributed by atoms with Gasteiger partial charge in [-0.25, -0.2) is 22.5 Å². The van der Waals surface area contributed by atoms with E-state index in [1.807, 2.05) is 0 Å². The number of benzene rings is 2. The van der Waals surface area contributed by atoms with Gasteiger partial charge in [-0.15, -0.1) is 10.6 Å². The van der Waals surface area contributed by atoms with E-state index in [-0.39, 0.29) is 40.7 Å². The van der Waals surface area contributed by atoms with Crippen LogP contribution in [0.25, 0.3) is 0 Å². The standard InChI is InChI=1S/2C19H26PSi2.C3H6.2ClH.Zr/c2*1-21(2,3)17-12-15-13-19(22(4,5)6)20(18(15)14-17)16-10-8-7-9-11-16;1-3-2;;;/h2*7-11,13-15H,1-6H3;1-2H3;2*1H;/q2*-1;;;;+2/p-2. The summed E-state index contributed by atoms with van der Waals surface area (Å²) in [6.45, 7) is 33.8. The molecule has 0 nitrogen and oxygen atoms in total. The molecule has 9 heteroatoms. The van der Waals surface area contributed by atoms with Crippen LogP contribution in [0.4, 0.5) is 0 Å². The van der Waals surface area contributed by atoms with Gasteiger partial charge in [0.2, 0.25) is 0 Å². The number of halogens is 2. The predicted molar refractivity (Wildman–Crippen MR) is 229 cm³/mol. The van der Waals surface area contributed by atoms with Crippen LogP contribution >= 0.6 is 15.8 Å². The zero-order chi connectivity index (χ0) is 35.8. The van der Waals surface area contributed by atoms with Gasteiger partial charge in [0.15, 0.2) is 0 Å². The maximum Gasteiger partial charge on any atom is 0.0785 e. The maximum absolute atomic E-state index is 3.84. The van der Waals surface area contributed by atoms with Crippen LogP contribution in [0.15, 0.2) is 116 Å². The largest absolute Gasteiger partial charge is 1.00 e. The fourth-order valence-electron chi connectivity index (χ4n) is 6.21. The van der Waals surface area contributed by atoms with Crippen molar-refractivity contribution in [3.8, 4) is 0 Å². The minimum Gasteiger partial charge on any atom is -1.00 e. The van der Waals surface area contributed by atoms with Crippen LogP contribution < -0.4 is 35.4 Å². The van der Waals surface area contributed by atoms with E-state index in [1.165, 1.54) is 24.2 Å². The molecule has 2 aliphatic carbocycles. The molecule has 0 saturated carbocycles. The molecule has 0 amide bonds. The van der Waals surface area contributed by atoms with Crippen molar-refractivity contribution in [1.82, 2.24) is 0 Å². The first kappa shape index (κ1) is 46.1. The summed E-state index contributed by atoms with van der Waals surface area (Å²) in [5.74, 6) is 0.935. The monoisotopic (exact) mass is 884 g/mol. The molecule has 0 radical (unpaired) electrons. The van der Waals surface area contributed by atoms with Crippen molar-refractivity contribution in [1.29, 1.82) is 0 Å². The molecule has 6 rings (SSSR count). The zero-order valence-corrected chi connectivity index (χ0v) is 42.6. The smallest absolute Gasteiger partial charge is 0.0785 e. The maximum atomic E-state index is 3.84. The van der Waals surface area contributed by atoms with Crippen LogP contribution in [0.1, 0.15) is 13.8 Å². The SMILES string of the molecule is C[C](C)=[Zr+2].C[Si](C)(C)C1=[C-]C2C=C([Si](C)(C)C)P(c3ccccc3)C2=C1.C[Si](C)(C)C1=[C-]C2C=C([Si](C)(C)C)P(c3ccccc3)C2=C1.[Cl-].[Cl-]. The van der Waals surface area contributed by atoms with Crippen molar-refractivity contribution in [2.24, 2.45) is 11.8 Å². The van der Waals surface area contributed by atoms with Crippen molar-refractivity contribution in [3.63, 3.8) is 0 Å². The molecule has 0 saturated heterocycles. The minimum absolute atomic E-state index is 0. The summed E-state index contributed by atoms with van der Waals surface area (Å²) in [7, 11) is -5.69. The van der Waals surface area contributed by atoms with Gasteiger partial charge < -0.3 is 24.8 Å². The summed E-state index contributed by atoms with van der Waals surface area (Å²) >= 11 is 1.55. The van der Waals surface area contributed by atoms with Gasteiger partial charge in [-0.1, -0.05) is 173 Å². The molecule has 268 valence electrons. The first-order valence-corrected chi connectivity index (χ1v) is 35.4. The van der Waals surface area contributed by atoms with E-state index in [1.54, 1.807) is 44.7 Å². The Kier molecular flexibility index (Phi) is 16.6. The number of hydrogen-bond acceptors (Lipinski definition) is 0. The molecule has 0 spiro atoms. The molecular weight excluding hydrogens is 829 g/mol. The second-order valence-electron chi connectivity index (χ2n) is 17.7. The predicted octanol–water partition coefficient (Wildman–Crippen LogP) is 6.13. The summed E-state index contributed by atoms with van der Waals surface area (Å²) in [6.07, 6.45) is 17.9. The summed E-state index contributed by atoms with van der Waals surface area (Å²) < 4.78 is 1.51. The fraction of sp³-hybridized carbons (Fsp3) is 0.390. The third-order valence-electron chi connectivity index (χ3n) is 8.67. The number of hydrogen-bond donors (Lipinski definition) is 0. The quantitative estimate of drug-likeness (QED) is 0.186. The number of allylic oxidation sites excluding steroid dienone is 10. The molecule has 2 aromatic rings. The molecule has 4 atom stereocenters. The molecule has 0 N–H and O–H groups in total. The molecule has 2 aliphatic heterocycles. The van der Waals surface area contributed by atoms with Crippen LogP contribution in [0.2, 0.25) is 78.6 Å². The van der Waals surface area contributed by atoms with E-state index >= 15 is 0 Å². The molecule has 0 aromatic heterocycles. The van der Waals surface area contributed by atoms with Gasteiger partial charge in [0.1, 0.15) is 0 Å². The summed E-state index contributed by atoms with van der Waals surface area (Å²) in [4.78, 5) is 3.51. The van der Waals surface area contributed by atoms with Gasteiger partial charge in [-0.2, -0.15) is 0 Å². The second-order valence-corrected chi connectivity index (χ2v) is 45.5. The van der Waals surface area contributed by atoms with Gasteiger partial charge in [0, 0.05) is 16.1 Å². The first-order valence-electron chi connectivity index (χ1n) is 17.5. The fourth-order valence-corrected chi connectivity index (χ4v) is 21.7. The van der Waals surface area contributed by atoms with Crippen molar-refractivity contribution < 1.29 is 49.0 Å². The van der Waals surface area contributed by atoms with Gasteiger partial charge in [0.05, 0.1) is 16.1 Å². The number of fused-ring (bicyclic) bond motifs is 2. The Hall–Kier alpha value is -0.0594. The van der Waals surface area contributed by atoms with Crippen molar-refractivity contribution in [2.45, 2.75) is 92.4 Å². The van der Waals surface area contributed by atoms with E-state index in [4.69, 9.17) is 0 Å². The molecule has 50 heavy (non-hydrogen) atoms. The van der Waals surface area contributed by atoms with Crippen LogP contribution in [-0.4, -0.2) is 35.5 Å². The van der Waals surface area contributed by atoms with E-state index in [2.05, 4.69) is 190 Å². The molecule has 2 aromatic carbocycles. The topological polar surface area (TPSA) is 0 Å². The van der Waals surface area contributed by atoms with Crippen LogP contribution in [0.5, 0.6) is 0 Å². The van der Waals surface area contributed by atoms with E-state index < -0.39 is 32.3 Å². The Morgan fingerprint density at radius 3 is 1.04 bits per heavy atom. The second kappa shape index (κ2) is 18.0. The zero-order valence-electron chi connectivity index (χ0n) is 32.9. The van der Waals surface area contributed by atoms with Crippen LogP contribution in [0.3, 0.4) is 0 Å². The molecule has 0 fully saturated rings. The van der Waals surface area contributed by atoms with E-state index in [0.717, 1.165) is 0 Å². The summed E-state index contributed by atoms with van der Waals surface area (Å²) in [5, 5.41) is 9.41. The molecule has 0 bridgehead atoms. The van der Waals surface area contributed by atoms with Crippen LogP contribution in [0, 0.1) is 24.0 Å². The van der Waals surface area contributed by atoms with E-state index in [9.17, 15) is 0 Å². The van der Waals surface area contributed by atoms with Gasteiger partial charge in [0.25, 0.3) is 0 Å². The Morgan fingerprint density at radius 1 is 0.520 bits per heavy atom. The Labute approximate surface area is 340 Å². The first-order chi connectivity index (χ1) is 22.1. The molecule has 2 heterocycles. The normalized spacial score (nSPS) is 22.3. The van der Waals surface area contributed by atoms with Crippen molar-refractivity contribution >= 4 is 62.0 Å². The molecule has 4 unspecified atom stereocenters. The Morgan fingerprint density at radius 2 is 0.800 bits per heavy atom. The average molecular weight is 887 g/mol. The van der Waals surface area contributed by atoms with E-state index in [0.29, 0.717) is 11.8 Å². The van der Waals surface area contributed by atoms with Crippen molar-refractivity contribution in [2.75, 3.05) is 0 Å². The Bertz CT molecular complexity index is 1570. The number of rotatable bonds is 6. The van der Waals surface area contributed by atoms with Crippen LogP contribution in [-0.2, 0) is 24.2 Å². The molecular formula is C41H58Cl2P2Si4Zr-2. The third-order valence-corrected chi connectivity index (χ3v) is 26.0. The summed E-state index contributed by atoms with van der Waals surface area (Å²) in [6, 6.07) is 22.3. The summed E-state index contributed by atoms with van der Waals surface area (Å²) in [5.41, 5.74) is 0. The van der Waals surface area contributed by atoms with Gasteiger partial charge >= 0.3 is 41.3 Å². The van der Waals surface area contributed by atoms with Gasteiger partial charge in [-0.05, 0) is 26.5 Å². The average Bonchev–Trinajstić information content (AvgIpc) is 3.71. The van der Waals surface area contributed by atoms with Crippen molar-refractivity contribution in [3.05, 3.63) is 128 Å². The molecule has 4 aliphatic rings. The van der Waals surface area contributed by atoms with Gasteiger partial charge in [-0.3, -0.25) is 12.2 Å². The third kappa shape index (κ3) is 11.5. The minimum atomic E-state index is -1.29.